The van der Waals surface area contributed by atoms with Crippen molar-refractivity contribution < 1.29 is 14.3 Å². The van der Waals surface area contributed by atoms with E-state index in [9.17, 15) is 4.79 Å². The molecule has 0 aliphatic carbocycles. The van der Waals surface area contributed by atoms with Crippen molar-refractivity contribution in [2.45, 2.75) is 39.2 Å². The standard InChI is InChI=1S/C16H24BrNO3/c1-4-7-21-15-6-5-12(10-13(15)17)14(18)8-11(2)9-16(19)20-3/h5-6,10-11,14H,4,7-9,18H2,1-3H3. The molecule has 0 heterocycles. The Morgan fingerprint density at radius 2 is 2.14 bits per heavy atom. The summed E-state index contributed by atoms with van der Waals surface area (Å²) in [5, 5.41) is 0. The van der Waals surface area contributed by atoms with Gasteiger partial charge < -0.3 is 15.2 Å². The summed E-state index contributed by atoms with van der Waals surface area (Å²) in [5.74, 6) is 0.817. The number of nitrogens with two attached hydrogens (primary N) is 1. The lowest BCUT2D eigenvalue weighted by molar-refractivity contribution is -0.141. The van der Waals surface area contributed by atoms with Gasteiger partial charge in [0.1, 0.15) is 5.75 Å². The lowest BCUT2D eigenvalue weighted by atomic mass is 9.94. The number of benzene rings is 1. The second-order valence-electron chi connectivity index (χ2n) is 5.27. The first-order valence-electron chi connectivity index (χ1n) is 7.22. The van der Waals surface area contributed by atoms with Crippen LogP contribution in [0.4, 0.5) is 0 Å². The van der Waals surface area contributed by atoms with Gasteiger partial charge in [-0.15, -0.1) is 0 Å². The van der Waals surface area contributed by atoms with E-state index in [1.165, 1.54) is 7.11 Å². The van der Waals surface area contributed by atoms with E-state index in [4.69, 9.17) is 10.5 Å². The largest absolute Gasteiger partial charge is 0.492 e. The highest BCUT2D eigenvalue weighted by molar-refractivity contribution is 9.10. The Kier molecular flexibility index (Phi) is 7.75. The minimum absolute atomic E-state index is 0.110. The molecule has 5 heteroatoms. The Morgan fingerprint density at radius 3 is 2.71 bits per heavy atom. The van der Waals surface area contributed by atoms with Gasteiger partial charge in [-0.3, -0.25) is 4.79 Å². The van der Waals surface area contributed by atoms with Crippen molar-refractivity contribution in [1.29, 1.82) is 0 Å². The molecule has 2 N–H and O–H groups in total. The Morgan fingerprint density at radius 1 is 1.43 bits per heavy atom. The Hall–Kier alpha value is -1.07. The summed E-state index contributed by atoms with van der Waals surface area (Å²) in [5.41, 5.74) is 7.25. The number of carbonyl (C=O) groups is 1. The molecule has 118 valence electrons. The predicted octanol–water partition coefficient (Wildman–Crippen LogP) is 3.83. The van der Waals surface area contributed by atoms with Crippen LogP contribution in [0.1, 0.15) is 44.7 Å². The van der Waals surface area contributed by atoms with Crippen molar-refractivity contribution in [3.63, 3.8) is 0 Å². The number of methoxy groups -OCH3 is 1. The summed E-state index contributed by atoms with van der Waals surface area (Å²) in [6.45, 7) is 4.77. The SMILES string of the molecule is CCCOc1ccc(C(N)CC(C)CC(=O)OC)cc1Br. The van der Waals surface area contributed by atoms with Gasteiger partial charge in [-0.2, -0.15) is 0 Å². The lowest BCUT2D eigenvalue weighted by Gasteiger charge is -2.18. The van der Waals surface area contributed by atoms with Crippen LogP contribution in [-0.4, -0.2) is 19.7 Å². The van der Waals surface area contributed by atoms with Crippen LogP contribution in [0.5, 0.6) is 5.75 Å². The number of hydrogen-bond acceptors (Lipinski definition) is 4. The molecule has 0 aliphatic heterocycles. The van der Waals surface area contributed by atoms with Crippen molar-refractivity contribution >= 4 is 21.9 Å². The van der Waals surface area contributed by atoms with Gasteiger partial charge in [0.15, 0.2) is 0 Å². The molecule has 1 aromatic carbocycles. The van der Waals surface area contributed by atoms with E-state index in [1.54, 1.807) is 0 Å². The first kappa shape index (κ1) is 18.0. The first-order valence-corrected chi connectivity index (χ1v) is 8.01. The van der Waals surface area contributed by atoms with E-state index < -0.39 is 0 Å². The molecule has 1 aromatic rings. The van der Waals surface area contributed by atoms with E-state index >= 15 is 0 Å². The van der Waals surface area contributed by atoms with E-state index in [1.807, 2.05) is 25.1 Å². The van der Waals surface area contributed by atoms with Gasteiger partial charge in [0.05, 0.1) is 18.2 Å². The third kappa shape index (κ3) is 6.06. The van der Waals surface area contributed by atoms with Crippen LogP contribution in [-0.2, 0) is 9.53 Å². The highest BCUT2D eigenvalue weighted by atomic mass is 79.9. The summed E-state index contributed by atoms with van der Waals surface area (Å²) in [7, 11) is 1.40. The zero-order chi connectivity index (χ0) is 15.8. The highest BCUT2D eigenvalue weighted by Crippen LogP contribution is 2.30. The number of ether oxygens (including phenoxy) is 2. The molecular weight excluding hydrogens is 334 g/mol. The number of halogens is 1. The lowest BCUT2D eigenvalue weighted by Crippen LogP contribution is -2.16. The minimum Gasteiger partial charge on any atom is -0.492 e. The molecule has 0 radical (unpaired) electrons. The van der Waals surface area contributed by atoms with Crippen molar-refractivity contribution in [1.82, 2.24) is 0 Å². The molecule has 0 amide bonds. The summed E-state index contributed by atoms with van der Waals surface area (Å²) in [6, 6.07) is 5.78. The Bertz CT molecular complexity index is 465. The molecule has 2 unspecified atom stereocenters. The van der Waals surface area contributed by atoms with Crippen LogP contribution in [0, 0.1) is 5.92 Å². The second-order valence-corrected chi connectivity index (χ2v) is 6.12. The van der Waals surface area contributed by atoms with Crippen LogP contribution < -0.4 is 10.5 Å². The molecule has 1 rings (SSSR count). The molecule has 0 saturated carbocycles. The van der Waals surface area contributed by atoms with Gasteiger partial charge in [-0.05, 0) is 52.4 Å². The van der Waals surface area contributed by atoms with Crippen LogP contribution >= 0.6 is 15.9 Å². The normalized spacial score (nSPS) is 13.6. The molecule has 0 aromatic heterocycles. The van der Waals surface area contributed by atoms with Crippen LogP contribution in [0.25, 0.3) is 0 Å². The molecule has 0 spiro atoms. The van der Waals surface area contributed by atoms with Crippen molar-refractivity contribution in [2.75, 3.05) is 13.7 Å². The topological polar surface area (TPSA) is 61.5 Å². The Labute approximate surface area is 135 Å². The van der Waals surface area contributed by atoms with E-state index in [2.05, 4.69) is 27.6 Å². The van der Waals surface area contributed by atoms with Gasteiger partial charge in [0.25, 0.3) is 0 Å². The van der Waals surface area contributed by atoms with Crippen molar-refractivity contribution in [2.24, 2.45) is 11.7 Å². The number of rotatable bonds is 8. The number of hydrogen-bond donors (Lipinski definition) is 1. The average molecular weight is 358 g/mol. The predicted molar refractivity (Wildman–Crippen MR) is 87.3 cm³/mol. The van der Waals surface area contributed by atoms with E-state index in [0.29, 0.717) is 13.0 Å². The molecular formula is C16H24BrNO3. The maximum atomic E-state index is 11.3. The maximum absolute atomic E-state index is 11.3. The minimum atomic E-state index is -0.195. The van der Waals surface area contributed by atoms with Crippen molar-refractivity contribution in [3.8, 4) is 5.75 Å². The smallest absolute Gasteiger partial charge is 0.305 e. The fourth-order valence-corrected chi connectivity index (χ4v) is 2.61. The molecule has 4 nitrogen and oxygen atoms in total. The van der Waals surface area contributed by atoms with E-state index in [0.717, 1.165) is 28.6 Å². The van der Waals surface area contributed by atoms with Crippen LogP contribution in [0.2, 0.25) is 0 Å². The van der Waals surface area contributed by atoms with E-state index in [-0.39, 0.29) is 17.9 Å². The molecule has 2 atom stereocenters. The number of carbonyl (C=O) groups excluding carboxylic acids is 1. The summed E-state index contributed by atoms with van der Waals surface area (Å²) >= 11 is 3.51. The molecule has 21 heavy (non-hydrogen) atoms. The van der Waals surface area contributed by atoms with Gasteiger partial charge >= 0.3 is 5.97 Å². The third-order valence-electron chi connectivity index (χ3n) is 3.24. The monoisotopic (exact) mass is 357 g/mol. The van der Waals surface area contributed by atoms with Gasteiger partial charge in [0.2, 0.25) is 0 Å². The summed E-state index contributed by atoms with van der Waals surface area (Å²) in [4.78, 5) is 11.3. The average Bonchev–Trinajstić information content (AvgIpc) is 2.45. The zero-order valence-electron chi connectivity index (χ0n) is 12.9. The molecule has 0 fully saturated rings. The first-order chi connectivity index (χ1) is 9.97. The highest BCUT2D eigenvalue weighted by Gasteiger charge is 2.16. The molecule has 0 saturated heterocycles. The van der Waals surface area contributed by atoms with Gasteiger partial charge in [-0.1, -0.05) is 19.9 Å². The zero-order valence-corrected chi connectivity index (χ0v) is 14.5. The van der Waals surface area contributed by atoms with Crippen molar-refractivity contribution in [3.05, 3.63) is 28.2 Å². The quantitative estimate of drug-likeness (QED) is 0.718. The van der Waals surface area contributed by atoms with Gasteiger partial charge in [-0.25, -0.2) is 0 Å². The summed E-state index contributed by atoms with van der Waals surface area (Å²) in [6.07, 6.45) is 2.10. The molecule has 0 aliphatic rings. The fourth-order valence-electron chi connectivity index (χ4n) is 2.10. The van der Waals surface area contributed by atoms with Crippen LogP contribution in [0.3, 0.4) is 0 Å². The van der Waals surface area contributed by atoms with Gasteiger partial charge in [0, 0.05) is 12.5 Å². The third-order valence-corrected chi connectivity index (χ3v) is 3.86. The van der Waals surface area contributed by atoms with Crippen LogP contribution in [0.15, 0.2) is 22.7 Å². The molecule has 0 bridgehead atoms. The Balaban J connectivity index is 2.63. The fraction of sp³-hybridized carbons (Fsp3) is 0.562. The second kappa shape index (κ2) is 9.05. The maximum Gasteiger partial charge on any atom is 0.305 e. The summed E-state index contributed by atoms with van der Waals surface area (Å²) < 4.78 is 11.2. The number of esters is 1.